The molecule has 1 aliphatic rings. The molecular formula is C16H21N3O2. The molecule has 21 heavy (non-hydrogen) atoms. The Kier molecular flexibility index (Phi) is 3.35. The minimum Gasteiger partial charge on any atom is -0.506 e. The normalized spacial score (nSPS) is 18.8. The molecule has 0 bridgehead atoms. The van der Waals surface area contributed by atoms with Crippen molar-refractivity contribution in [3.63, 3.8) is 0 Å². The van der Waals surface area contributed by atoms with Crippen LogP contribution in [0.2, 0.25) is 0 Å². The number of hydrogen-bond donors (Lipinski definition) is 2. The zero-order chi connectivity index (χ0) is 15.0. The van der Waals surface area contributed by atoms with Crippen LogP contribution in [0.1, 0.15) is 51.3 Å². The van der Waals surface area contributed by atoms with Gasteiger partial charge in [0, 0.05) is 11.5 Å². The number of anilines is 1. The third-order valence-corrected chi connectivity index (χ3v) is 4.42. The molecule has 1 saturated carbocycles. The van der Waals surface area contributed by atoms with Crippen molar-refractivity contribution in [2.75, 3.05) is 5.73 Å². The molecule has 1 aliphatic carbocycles. The van der Waals surface area contributed by atoms with Gasteiger partial charge in [0.15, 0.2) is 5.82 Å². The second-order valence-corrected chi connectivity index (χ2v) is 6.67. The van der Waals surface area contributed by atoms with E-state index in [-0.39, 0.29) is 5.75 Å². The summed E-state index contributed by atoms with van der Waals surface area (Å²) >= 11 is 0. The smallest absolute Gasteiger partial charge is 0.258 e. The molecule has 112 valence electrons. The summed E-state index contributed by atoms with van der Waals surface area (Å²) in [4.78, 5) is 4.49. The molecule has 1 fully saturated rings. The first-order valence-electron chi connectivity index (χ1n) is 7.37. The average Bonchev–Trinajstić information content (AvgIpc) is 2.91. The molecule has 1 aromatic heterocycles. The Morgan fingerprint density at radius 3 is 2.67 bits per heavy atom. The van der Waals surface area contributed by atoms with Crippen LogP contribution >= 0.6 is 0 Å². The maximum Gasteiger partial charge on any atom is 0.258 e. The van der Waals surface area contributed by atoms with Crippen molar-refractivity contribution in [2.24, 2.45) is 5.41 Å². The molecule has 0 spiro atoms. The fourth-order valence-corrected chi connectivity index (χ4v) is 2.85. The van der Waals surface area contributed by atoms with Crippen LogP contribution in [0, 0.1) is 5.41 Å². The fourth-order valence-electron chi connectivity index (χ4n) is 2.85. The summed E-state index contributed by atoms with van der Waals surface area (Å²) in [6, 6.07) is 4.96. The van der Waals surface area contributed by atoms with Crippen molar-refractivity contribution in [3.8, 4) is 17.2 Å². The molecule has 0 saturated heterocycles. The van der Waals surface area contributed by atoms with Gasteiger partial charge in [0.2, 0.25) is 0 Å². The van der Waals surface area contributed by atoms with E-state index in [0.717, 1.165) is 18.7 Å². The highest BCUT2D eigenvalue weighted by molar-refractivity contribution is 5.63. The molecule has 0 aliphatic heterocycles. The Balaban J connectivity index is 1.79. The van der Waals surface area contributed by atoms with E-state index in [4.69, 9.17) is 10.3 Å². The van der Waals surface area contributed by atoms with Crippen LogP contribution < -0.4 is 5.73 Å². The molecule has 5 nitrogen and oxygen atoms in total. The van der Waals surface area contributed by atoms with Crippen molar-refractivity contribution in [1.82, 2.24) is 10.1 Å². The molecule has 1 aromatic carbocycles. The Bertz CT molecular complexity index is 639. The highest BCUT2D eigenvalue weighted by atomic mass is 16.5. The summed E-state index contributed by atoms with van der Waals surface area (Å²) < 4.78 is 5.34. The summed E-state index contributed by atoms with van der Waals surface area (Å²) in [5, 5.41) is 13.8. The molecular weight excluding hydrogens is 266 g/mol. The number of aromatic hydroxyl groups is 1. The maximum atomic E-state index is 9.66. The lowest BCUT2D eigenvalue weighted by atomic mass is 9.73. The quantitative estimate of drug-likeness (QED) is 0.649. The molecule has 3 rings (SSSR count). The van der Waals surface area contributed by atoms with Gasteiger partial charge in [-0.15, -0.1) is 0 Å². The number of benzene rings is 1. The molecule has 0 atom stereocenters. The number of phenolic OH excluding ortho intramolecular Hbond substituents is 1. The predicted molar refractivity (Wildman–Crippen MR) is 80.8 cm³/mol. The first-order chi connectivity index (χ1) is 9.94. The summed E-state index contributed by atoms with van der Waals surface area (Å²) in [5.74, 6) is 1.62. The minimum atomic E-state index is 0.0339. The van der Waals surface area contributed by atoms with Crippen LogP contribution in [0.3, 0.4) is 0 Å². The molecule has 5 heteroatoms. The Hall–Kier alpha value is -2.04. The third-order valence-electron chi connectivity index (χ3n) is 4.42. The van der Waals surface area contributed by atoms with Gasteiger partial charge in [-0.2, -0.15) is 4.98 Å². The lowest BCUT2D eigenvalue weighted by Gasteiger charge is -2.32. The van der Waals surface area contributed by atoms with Crippen LogP contribution in [0.25, 0.3) is 11.5 Å². The zero-order valence-corrected chi connectivity index (χ0v) is 12.5. The molecule has 2 aromatic rings. The van der Waals surface area contributed by atoms with Crippen LogP contribution in [0.5, 0.6) is 5.75 Å². The van der Waals surface area contributed by atoms with Gasteiger partial charge in [-0.05, 0) is 49.3 Å². The Labute approximate surface area is 124 Å². The number of aromatic nitrogens is 2. The fraction of sp³-hybridized carbons (Fsp3) is 0.500. The lowest BCUT2D eigenvalue weighted by Crippen LogP contribution is -2.20. The van der Waals surface area contributed by atoms with Crippen LogP contribution in [-0.2, 0) is 0 Å². The van der Waals surface area contributed by atoms with Gasteiger partial charge in [0.05, 0.1) is 5.69 Å². The van der Waals surface area contributed by atoms with Gasteiger partial charge < -0.3 is 15.4 Å². The van der Waals surface area contributed by atoms with Crippen LogP contribution in [0.15, 0.2) is 22.7 Å². The number of hydrogen-bond acceptors (Lipinski definition) is 5. The maximum absolute atomic E-state index is 9.66. The summed E-state index contributed by atoms with van der Waals surface area (Å²) in [6.45, 7) is 4.62. The van der Waals surface area contributed by atoms with Crippen molar-refractivity contribution in [2.45, 2.75) is 45.4 Å². The van der Waals surface area contributed by atoms with Crippen molar-refractivity contribution >= 4 is 5.69 Å². The van der Waals surface area contributed by atoms with E-state index >= 15 is 0 Å². The van der Waals surface area contributed by atoms with Crippen LogP contribution in [-0.4, -0.2) is 15.2 Å². The molecule has 0 unspecified atom stereocenters. The standard InChI is InChI=1S/C16H21N3O2/c1-16(2)7-5-10(6-8-16)14-18-15(21-19-14)11-3-4-12(17)13(20)9-11/h3-4,9-10,20H,5-8,17H2,1-2H3. The Morgan fingerprint density at radius 2 is 2.00 bits per heavy atom. The van der Waals surface area contributed by atoms with Crippen molar-refractivity contribution in [3.05, 3.63) is 24.0 Å². The van der Waals surface area contributed by atoms with E-state index in [2.05, 4.69) is 24.0 Å². The second-order valence-electron chi connectivity index (χ2n) is 6.67. The largest absolute Gasteiger partial charge is 0.506 e. The van der Waals surface area contributed by atoms with Gasteiger partial charge in [-0.25, -0.2) is 0 Å². The van der Waals surface area contributed by atoms with E-state index in [1.807, 2.05) is 0 Å². The number of rotatable bonds is 2. The third kappa shape index (κ3) is 2.86. The Morgan fingerprint density at radius 1 is 1.29 bits per heavy atom. The van der Waals surface area contributed by atoms with Gasteiger partial charge in [-0.1, -0.05) is 19.0 Å². The molecule has 3 N–H and O–H groups in total. The van der Waals surface area contributed by atoms with E-state index in [1.165, 1.54) is 12.8 Å². The summed E-state index contributed by atoms with van der Waals surface area (Å²) in [7, 11) is 0. The first kappa shape index (κ1) is 13.9. The highest BCUT2D eigenvalue weighted by Crippen LogP contribution is 2.41. The van der Waals surface area contributed by atoms with Crippen molar-refractivity contribution in [1.29, 1.82) is 0 Å². The number of phenols is 1. The first-order valence-corrected chi connectivity index (χ1v) is 7.37. The van der Waals surface area contributed by atoms with Gasteiger partial charge in [0.25, 0.3) is 5.89 Å². The zero-order valence-electron chi connectivity index (χ0n) is 12.5. The summed E-state index contributed by atoms with van der Waals surface area (Å²) in [5.41, 5.74) is 7.05. The SMILES string of the molecule is CC1(C)CCC(c2noc(-c3ccc(N)c(O)c3)n2)CC1. The van der Waals surface area contributed by atoms with E-state index < -0.39 is 0 Å². The highest BCUT2D eigenvalue weighted by Gasteiger charge is 2.30. The monoisotopic (exact) mass is 287 g/mol. The average molecular weight is 287 g/mol. The minimum absolute atomic E-state index is 0.0339. The second kappa shape index (κ2) is 5.06. The predicted octanol–water partition coefficient (Wildman–Crippen LogP) is 3.71. The van der Waals surface area contributed by atoms with E-state index in [9.17, 15) is 5.11 Å². The number of nitrogens with zero attached hydrogens (tertiary/aromatic N) is 2. The van der Waals surface area contributed by atoms with Gasteiger partial charge >= 0.3 is 0 Å². The topological polar surface area (TPSA) is 85.2 Å². The molecule has 0 amide bonds. The number of nitrogens with two attached hydrogens (primary N) is 1. The van der Waals surface area contributed by atoms with E-state index in [0.29, 0.717) is 28.5 Å². The van der Waals surface area contributed by atoms with E-state index in [1.54, 1.807) is 18.2 Å². The number of nitrogen functional groups attached to an aromatic ring is 1. The van der Waals surface area contributed by atoms with Gasteiger partial charge in [-0.3, -0.25) is 0 Å². The van der Waals surface area contributed by atoms with Crippen LogP contribution in [0.4, 0.5) is 5.69 Å². The molecule has 0 radical (unpaired) electrons. The van der Waals surface area contributed by atoms with Gasteiger partial charge in [0.1, 0.15) is 5.75 Å². The molecule has 1 heterocycles. The van der Waals surface area contributed by atoms with Crippen molar-refractivity contribution < 1.29 is 9.63 Å². The summed E-state index contributed by atoms with van der Waals surface area (Å²) in [6.07, 6.45) is 4.56. The lowest BCUT2D eigenvalue weighted by molar-refractivity contribution is 0.218.